The second-order valence-corrected chi connectivity index (χ2v) is 6.92. The molecule has 0 atom stereocenters. The Balaban J connectivity index is 1.96. The monoisotopic (exact) mass is 417 g/mol. The minimum absolute atomic E-state index is 0.274. The Morgan fingerprint density at radius 2 is 1.61 bits per heavy atom. The third-order valence-electron chi connectivity index (χ3n) is 5.40. The topological polar surface area (TPSA) is 121 Å². The highest BCUT2D eigenvalue weighted by molar-refractivity contribution is 6.19. The summed E-state index contributed by atoms with van der Waals surface area (Å²) >= 11 is 0. The molecule has 0 saturated heterocycles. The highest BCUT2D eigenvalue weighted by atomic mass is 16.5. The van der Waals surface area contributed by atoms with Crippen molar-refractivity contribution in [3.05, 3.63) is 77.6 Å². The number of hydrogen-bond donors (Lipinski definition) is 2. The summed E-state index contributed by atoms with van der Waals surface area (Å²) in [5, 5.41) is 2.76. The number of nitrogen functional groups attached to an aromatic ring is 1. The fourth-order valence-electron chi connectivity index (χ4n) is 4.06. The van der Waals surface area contributed by atoms with Crippen molar-refractivity contribution in [2.24, 2.45) is 0 Å². The van der Waals surface area contributed by atoms with E-state index in [9.17, 15) is 14.4 Å². The van der Waals surface area contributed by atoms with Crippen molar-refractivity contribution in [2.45, 2.75) is 5.41 Å². The van der Waals surface area contributed by atoms with E-state index in [0.29, 0.717) is 33.6 Å². The molecular formula is C23H19N3O5. The molecule has 3 N–H and O–H groups in total. The van der Waals surface area contributed by atoms with Crippen LogP contribution in [0.3, 0.4) is 0 Å². The standard InChI is InChI=1S/C23H19N3O5/c1-30-21(28)23(22(29)31-2)15-8-4-3-6-13(15)19-14(7-5-9-16(19)23)20(27)26-18-10-11-25-12-17(18)24/h3-12H,24H2,1-2H3,(H,25,26,27). The Kier molecular flexibility index (Phi) is 4.90. The Hall–Kier alpha value is -4.20. The van der Waals surface area contributed by atoms with Crippen LogP contribution in [0.25, 0.3) is 11.1 Å². The van der Waals surface area contributed by atoms with Gasteiger partial charge in [0.1, 0.15) is 0 Å². The highest BCUT2D eigenvalue weighted by Gasteiger charge is 2.58. The predicted molar refractivity (Wildman–Crippen MR) is 113 cm³/mol. The number of nitrogens with zero attached hydrogens (tertiary/aromatic N) is 1. The van der Waals surface area contributed by atoms with Crippen LogP contribution in [0.5, 0.6) is 0 Å². The van der Waals surface area contributed by atoms with Gasteiger partial charge in [0.15, 0.2) is 0 Å². The van der Waals surface area contributed by atoms with E-state index in [1.54, 1.807) is 48.5 Å². The first-order chi connectivity index (χ1) is 15.0. The molecule has 0 fully saturated rings. The van der Waals surface area contributed by atoms with Crippen LogP contribution in [0.1, 0.15) is 21.5 Å². The van der Waals surface area contributed by atoms with Crippen LogP contribution in [0.2, 0.25) is 0 Å². The summed E-state index contributed by atoms with van der Waals surface area (Å²) in [6.07, 6.45) is 2.94. The van der Waals surface area contributed by atoms with E-state index in [4.69, 9.17) is 15.2 Å². The van der Waals surface area contributed by atoms with E-state index in [1.165, 1.54) is 26.6 Å². The smallest absolute Gasteiger partial charge is 0.332 e. The molecule has 1 aliphatic carbocycles. The average molecular weight is 417 g/mol. The number of nitrogens with one attached hydrogen (secondary N) is 1. The quantitative estimate of drug-likeness (QED) is 0.494. The number of hydrogen-bond acceptors (Lipinski definition) is 7. The van der Waals surface area contributed by atoms with E-state index >= 15 is 0 Å². The Morgan fingerprint density at radius 3 is 2.29 bits per heavy atom. The number of amides is 1. The molecule has 0 bridgehead atoms. The number of carbonyl (C=O) groups excluding carboxylic acids is 3. The molecule has 0 radical (unpaired) electrons. The summed E-state index contributed by atoms with van der Waals surface area (Å²) in [6, 6.07) is 13.3. The lowest BCUT2D eigenvalue weighted by Gasteiger charge is -2.26. The fourth-order valence-corrected chi connectivity index (χ4v) is 4.06. The van der Waals surface area contributed by atoms with Gasteiger partial charge in [-0.2, -0.15) is 0 Å². The molecule has 1 amide bonds. The second-order valence-electron chi connectivity index (χ2n) is 6.92. The lowest BCUT2D eigenvalue weighted by molar-refractivity contribution is -0.159. The van der Waals surface area contributed by atoms with Crippen molar-refractivity contribution in [1.82, 2.24) is 4.98 Å². The van der Waals surface area contributed by atoms with Gasteiger partial charge in [-0.05, 0) is 28.8 Å². The zero-order chi connectivity index (χ0) is 22.2. The van der Waals surface area contributed by atoms with Gasteiger partial charge < -0.3 is 20.5 Å². The number of carbonyl (C=O) groups is 3. The molecule has 8 nitrogen and oxygen atoms in total. The third-order valence-corrected chi connectivity index (χ3v) is 5.40. The van der Waals surface area contributed by atoms with E-state index < -0.39 is 23.3 Å². The second kappa shape index (κ2) is 7.56. The molecule has 31 heavy (non-hydrogen) atoms. The van der Waals surface area contributed by atoms with Gasteiger partial charge in [0.05, 0.1) is 31.8 Å². The van der Waals surface area contributed by atoms with Gasteiger partial charge in [-0.3, -0.25) is 19.4 Å². The zero-order valence-corrected chi connectivity index (χ0v) is 16.8. The molecule has 1 aromatic heterocycles. The minimum atomic E-state index is -1.83. The molecule has 156 valence electrons. The van der Waals surface area contributed by atoms with Crippen LogP contribution in [0.4, 0.5) is 11.4 Å². The Labute approximate surface area is 178 Å². The van der Waals surface area contributed by atoms with E-state index in [1.807, 2.05) is 0 Å². The number of fused-ring (bicyclic) bond motifs is 3. The van der Waals surface area contributed by atoms with Crippen molar-refractivity contribution in [3.8, 4) is 11.1 Å². The number of rotatable bonds is 4. The number of pyridine rings is 1. The van der Waals surface area contributed by atoms with E-state index in [-0.39, 0.29) is 5.56 Å². The van der Waals surface area contributed by atoms with Crippen molar-refractivity contribution in [2.75, 3.05) is 25.3 Å². The number of ether oxygens (including phenoxy) is 2. The lowest BCUT2D eigenvalue weighted by atomic mass is 9.78. The Morgan fingerprint density at radius 1 is 0.935 bits per heavy atom. The van der Waals surface area contributed by atoms with Crippen molar-refractivity contribution in [1.29, 1.82) is 0 Å². The number of aromatic nitrogens is 1. The summed E-state index contributed by atoms with van der Waals surface area (Å²) in [6.45, 7) is 0. The number of nitrogens with two attached hydrogens (primary N) is 1. The molecule has 1 aliphatic rings. The van der Waals surface area contributed by atoms with Gasteiger partial charge >= 0.3 is 11.9 Å². The molecule has 2 aromatic carbocycles. The van der Waals surface area contributed by atoms with Crippen LogP contribution in [-0.4, -0.2) is 37.0 Å². The normalized spacial score (nSPS) is 13.0. The fraction of sp³-hybridized carbons (Fsp3) is 0.130. The highest BCUT2D eigenvalue weighted by Crippen LogP contribution is 2.51. The van der Waals surface area contributed by atoms with E-state index in [2.05, 4.69) is 10.3 Å². The van der Waals surface area contributed by atoms with Crippen molar-refractivity contribution < 1.29 is 23.9 Å². The first kappa shape index (κ1) is 20.1. The van der Waals surface area contributed by atoms with Gasteiger partial charge in [0.25, 0.3) is 5.91 Å². The maximum absolute atomic E-state index is 13.2. The van der Waals surface area contributed by atoms with Gasteiger partial charge in [0, 0.05) is 17.3 Å². The number of anilines is 2. The summed E-state index contributed by atoms with van der Waals surface area (Å²) < 4.78 is 10.0. The number of methoxy groups -OCH3 is 2. The van der Waals surface area contributed by atoms with Gasteiger partial charge in [-0.1, -0.05) is 36.4 Å². The predicted octanol–water partition coefficient (Wildman–Crippen LogP) is 2.53. The van der Waals surface area contributed by atoms with Crippen LogP contribution in [-0.2, 0) is 24.5 Å². The van der Waals surface area contributed by atoms with Crippen LogP contribution in [0.15, 0.2) is 60.9 Å². The van der Waals surface area contributed by atoms with Crippen LogP contribution in [0, 0.1) is 0 Å². The zero-order valence-electron chi connectivity index (χ0n) is 16.8. The maximum Gasteiger partial charge on any atom is 0.332 e. The Bertz CT molecular complexity index is 1210. The molecule has 4 rings (SSSR count). The van der Waals surface area contributed by atoms with Crippen molar-refractivity contribution >= 4 is 29.2 Å². The maximum atomic E-state index is 13.2. The number of esters is 2. The minimum Gasteiger partial charge on any atom is -0.468 e. The largest absolute Gasteiger partial charge is 0.468 e. The van der Waals surface area contributed by atoms with Gasteiger partial charge in [-0.15, -0.1) is 0 Å². The molecule has 0 spiro atoms. The average Bonchev–Trinajstić information content (AvgIpc) is 3.11. The van der Waals surface area contributed by atoms with Crippen LogP contribution < -0.4 is 11.1 Å². The first-order valence-corrected chi connectivity index (χ1v) is 9.37. The van der Waals surface area contributed by atoms with Crippen molar-refractivity contribution in [3.63, 3.8) is 0 Å². The molecule has 1 heterocycles. The summed E-state index contributed by atoms with van der Waals surface area (Å²) in [5.74, 6) is -2.03. The summed E-state index contributed by atoms with van der Waals surface area (Å²) in [4.78, 5) is 43.2. The third kappa shape index (κ3) is 2.83. The molecule has 0 aliphatic heterocycles. The van der Waals surface area contributed by atoms with E-state index in [0.717, 1.165) is 0 Å². The van der Waals surface area contributed by atoms with Crippen LogP contribution >= 0.6 is 0 Å². The molecule has 3 aromatic rings. The number of benzene rings is 2. The molecule has 8 heteroatoms. The van der Waals surface area contributed by atoms with Gasteiger partial charge in [-0.25, -0.2) is 0 Å². The first-order valence-electron chi connectivity index (χ1n) is 9.37. The SMILES string of the molecule is COC(=O)C1(C(=O)OC)c2ccccc2-c2c(C(=O)Nc3ccncc3N)cccc21. The summed E-state index contributed by atoms with van der Waals surface area (Å²) in [5.41, 5.74) is 6.79. The molecular weight excluding hydrogens is 398 g/mol. The van der Waals surface area contributed by atoms with Gasteiger partial charge in [0.2, 0.25) is 5.41 Å². The lowest BCUT2D eigenvalue weighted by Crippen LogP contribution is -2.45. The summed E-state index contributed by atoms with van der Waals surface area (Å²) in [7, 11) is 2.41. The molecule has 0 saturated carbocycles. The molecule has 0 unspecified atom stereocenters.